The number of carbonyl (C=O) groups is 1. The molecule has 0 aliphatic carbocycles. The van der Waals surface area contributed by atoms with Crippen molar-refractivity contribution in [3.8, 4) is 0 Å². The van der Waals surface area contributed by atoms with Gasteiger partial charge >= 0.3 is 0 Å². The standard InChI is InChI=1S/C18H26N6O/c1-6-23-11-8-14(21-23)16(25)24-10-7-9-18(24,3)17-19-13(2)12-15(20-17)22(4)5/h8,11-12H,6-7,9-10H2,1-5H3/t18-/m1/s1. The SMILES string of the molecule is CCn1ccc(C(=O)N2CCC[C@]2(C)c2nc(C)cc(N(C)C)n2)n1. The summed E-state index contributed by atoms with van der Waals surface area (Å²) in [5.74, 6) is 1.51. The number of amides is 1. The monoisotopic (exact) mass is 342 g/mol. The smallest absolute Gasteiger partial charge is 0.275 e. The third-order valence-corrected chi connectivity index (χ3v) is 4.85. The van der Waals surface area contributed by atoms with E-state index in [4.69, 9.17) is 4.98 Å². The maximum absolute atomic E-state index is 13.1. The predicted octanol–water partition coefficient (Wildman–Crippen LogP) is 2.22. The van der Waals surface area contributed by atoms with E-state index in [1.54, 1.807) is 10.7 Å². The van der Waals surface area contributed by atoms with Crippen LogP contribution in [0.5, 0.6) is 0 Å². The number of rotatable bonds is 4. The van der Waals surface area contributed by atoms with Gasteiger partial charge in [-0.3, -0.25) is 9.48 Å². The summed E-state index contributed by atoms with van der Waals surface area (Å²) >= 11 is 0. The molecule has 25 heavy (non-hydrogen) atoms. The fourth-order valence-electron chi connectivity index (χ4n) is 3.33. The molecular weight excluding hydrogens is 316 g/mol. The Kier molecular flexibility index (Phi) is 4.49. The molecule has 134 valence electrons. The number of hydrogen-bond acceptors (Lipinski definition) is 5. The highest BCUT2D eigenvalue weighted by Gasteiger charge is 2.44. The van der Waals surface area contributed by atoms with Crippen molar-refractivity contribution >= 4 is 11.7 Å². The van der Waals surface area contributed by atoms with Crippen LogP contribution in [0.2, 0.25) is 0 Å². The summed E-state index contributed by atoms with van der Waals surface area (Å²) in [6.45, 7) is 7.47. The molecule has 7 nitrogen and oxygen atoms in total. The minimum absolute atomic E-state index is 0.0521. The molecule has 1 amide bonds. The summed E-state index contributed by atoms with van der Waals surface area (Å²) in [6, 6.07) is 3.74. The first kappa shape index (κ1) is 17.4. The number of carbonyl (C=O) groups excluding carboxylic acids is 1. The maximum Gasteiger partial charge on any atom is 0.275 e. The molecule has 1 atom stereocenters. The summed E-state index contributed by atoms with van der Waals surface area (Å²) in [5, 5.41) is 4.37. The van der Waals surface area contributed by atoms with Crippen LogP contribution in [0.25, 0.3) is 0 Å². The molecule has 0 unspecified atom stereocenters. The van der Waals surface area contributed by atoms with Crippen LogP contribution in [0.15, 0.2) is 18.3 Å². The summed E-state index contributed by atoms with van der Waals surface area (Å²) in [5.41, 5.74) is 0.879. The minimum atomic E-state index is -0.510. The van der Waals surface area contributed by atoms with Gasteiger partial charge < -0.3 is 9.80 Å². The summed E-state index contributed by atoms with van der Waals surface area (Å²) in [6.07, 6.45) is 3.63. The van der Waals surface area contributed by atoms with Gasteiger partial charge in [0.05, 0.1) is 0 Å². The second kappa shape index (κ2) is 6.46. The Balaban J connectivity index is 1.98. The Morgan fingerprint density at radius 3 is 2.76 bits per heavy atom. The van der Waals surface area contributed by atoms with Crippen molar-refractivity contribution in [1.29, 1.82) is 0 Å². The van der Waals surface area contributed by atoms with Gasteiger partial charge in [0.25, 0.3) is 5.91 Å². The van der Waals surface area contributed by atoms with Gasteiger partial charge in [-0.05, 0) is 39.7 Å². The van der Waals surface area contributed by atoms with E-state index in [9.17, 15) is 4.79 Å². The third-order valence-electron chi connectivity index (χ3n) is 4.85. The first-order valence-corrected chi connectivity index (χ1v) is 8.74. The molecule has 3 rings (SSSR count). The van der Waals surface area contributed by atoms with Gasteiger partial charge in [0.2, 0.25) is 0 Å². The lowest BCUT2D eigenvalue weighted by Gasteiger charge is -2.34. The van der Waals surface area contributed by atoms with Gasteiger partial charge in [0.1, 0.15) is 17.1 Å². The molecule has 1 aliphatic rings. The lowest BCUT2D eigenvalue weighted by molar-refractivity contribution is 0.0596. The van der Waals surface area contributed by atoms with Crippen molar-refractivity contribution in [2.75, 3.05) is 25.5 Å². The van der Waals surface area contributed by atoms with E-state index in [0.717, 1.165) is 30.9 Å². The van der Waals surface area contributed by atoms with Crippen molar-refractivity contribution in [3.05, 3.63) is 35.5 Å². The summed E-state index contributed by atoms with van der Waals surface area (Å²) in [4.78, 5) is 26.3. The first-order chi connectivity index (χ1) is 11.8. The average Bonchev–Trinajstić information content (AvgIpc) is 3.21. The van der Waals surface area contributed by atoms with Crippen LogP contribution < -0.4 is 4.90 Å². The van der Waals surface area contributed by atoms with E-state index < -0.39 is 5.54 Å². The van der Waals surface area contributed by atoms with Crippen molar-refractivity contribution in [2.45, 2.75) is 45.7 Å². The molecule has 0 saturated carbocycles. The van der Waals surface area contributed by atoms with Crippen LogP contribution >= 0.6 is 0 Å². The van der Waals surface area contributed by atoms with Crippen LogP contribution in [0.3, 0.4) is 0 Å². The molecule has 2 aromatic heterocycles. The lowest BCUT2D eigenvalue weighted by atomic mass is 9.97. The summed E-state index contributed by atoms with van der Waals surface area (Å²) < 4.78 is 1.77. The van der Waals surface area contributed by atoms with Crippen LogP contribution in [-0.4, -0.2) is 51.2 Å². The molecule has 0 spiro atoms. The molecule has 0 aromatic carbocycles. The van der Waals surface area contributed by atoms with E-state index in [1.165, 1.54) is 0 Å². The second-order valence-corrected chi connectivity index (χ2v) is 6.98. The zero-order valence-corrected chi connectivity index (χ0v) is 15.7. The minimum Gasteiger partial charge on any atom is -0.363 e. The zero-order chi connectivity index (χ0) is 18.2. The van der Waals surface area contributed by atoms with Crippen LogP contribution in [0.4, 0.5) is 5.82 Å². The Morgan fingerprint density at radius 1 is 1.36 bits per heavy atom. The molecule has 1 aliphatic heterocycles. The van der Waals surface area contributed by atoms with E-state index in [1.807, 2.05) is 50.0 Å². The normalized spacial score (nSPS) is 20.1. The van der Waals surface area contributed by atoms with E-state index in [2.05, 4.69) is 17.0 Å². The topological polar surface area (TPSA) is 67.2 Å². The van der Waals surface area contributed by atoms with Crippen molar-refractivity contribution in [2.24, 2.45) is 0 Å². The van der Waals surface area contributed by atoms with Gasteiger partial charge in [0.15, 0.2) is 5.82 Å². The fourth-order valence-corrected chi connectivity index (χ4v) is 3.33. The first-order valence-electron chi connectivity index (χ1n) is 8.74. The maximum atomic E-state index is 13.1. The Bertz CT molecular complexity index is 784. The molecule has 7 heteroatoms. The molecule has 3 heterocycles. The summed E-state index contributed by atoms with van der Waals surface area (Å²) in [7, 11) is 3.92. The van der Waals surface area contributed by atoms with Crippen LogP contribution in [0.1, 0.15) is 48.7 Å². The quantitative estimate of drug-likeness (QED) is 0.852. The number of aromatic nitrogens is 4. The Morgan fingerprint density at radius 2 is 2.12 bits per heavy atom. The highest BCUT2D eigenvalue weighted by molar-refractivity contribution is 5.93. The van der Waals surface area contributed by atoms with E-state index in [0.29, 0.717) is 18.1 Å². The number of anilines is 1. The number of hydrogen-bond donors (Lipinski definition) is 0. The van der Waals surface area contributed by atoms with Gasteiger partial charge in [-0.1, -0.05) is 0 Å². The second-order valence-electron chi connectivity index (χ2n) is 6.98. The molecular formula is C18H26N6O. The lowest BCUT2D eigenvalue weighted by Crippen LogP contribution is -2.44. The number of aryl methyl sites for hydroxylation is 2. The largest absolute Gasteiger partial charge is 0.363 e. The van der Waals surface area contributed by atoms with Crippen LogP contribution in [-0.2, 0) is 12.1 Å². The zero-order valence-electron chi connectivity index (χ0n) is 15.7. The van der Waals surface area contributed by atoms with E-state index in [-0.39, 0.29) is 5.91 Å². The van der Waals surface area contributed by atoms with Gasteiger partial charge in [-0.15, -0.1) is 0 Å². The molecule has 0 bridgehead atoms. The average molecular weight is 342 g/mol. The van der Waals surface area contributed by atoms with Crippen molar-refractivity contribution < 1.29 is 4.79 Å². The third kappa shape index (κ3) is 3.10. The van der Waals surface area contributed by atoms with Gasteiger partial charge in [-0.2, -0.15) is 5.10 Å². The molecule has 0 radical (unpaired) electrons. The van der Waals surface area contributed by atoms with E-state index >= 15 is 0 Å². The molecule has 0 N–H and O–H groups in total. The predicted molar refractivity (Wildman–Crippen MR) is 96.6 cm³/mol. The highest BCUT2D eigenvalue weighted by atomic mass is 16.2. The number of nitrogens with zero attached hydrogens (tertiary/aromatic N) is 6. The Hall–Kier alpha value is -2.44. The van der Waals surface area contributed by atoms with Crippen molar-refractivity contribution in [3.63, 3.8) is 0 Å². The van der Waals surface area contributed by atoms with Gasteiger partial charge in [-0.25, -0.2) is 9.97 Å². The van der Waals surface area contributed by atoms with Crippen LogP contribution in [0, 0.1) is 6.92 Å². The van der Waals surface area contributed by atoms with Crippen molar-refractivity contribution in [1.82, 2.24) is 24.6 Å². The highest BCUT2D eigenvalue weighted by Crippen LogP contribution is 2.38. The fraction of sp³-hybridized carbons (Fsp3) is 0.556. The molecule has 1 saturated heterocycles. The molecule has 1 fully saturated rings. The van der Waals surface area contributed by atoms with Gasteiger partial charge in [0, 0.05) is 45.1 Å². The number of likely N-dealkylation sites (tertiary alicyclic amines) is 1. The molecule has 2 aromatic rings. The Labute approximate surface area is 148 Å².